The number of carbonyl (C=O) groups excluding carboxylic acids is 1. The zero-order valence-corrected chi connectivity index (χ0v) is 11.6. The molecule has 1 aliphatic heterocycles. The average Bonchev–Trinajstić information content (AvgIpc) is 2.78. The molecule has 4 nitrogen and oxygen atoms in total. The summed E-state index contributed by atoms with van der Waals surface area (Å²) >= 11 is 6.13. The van der Waals surface area contributed by atoms with Crippen LogP contribution in [0.3, 0.4) is 0 Å². The molecule has 0 N–H and O–H groups in total. The molecule has 0 unspecified atom stereocenters. The first-order chi connectivity index (χ1) is 9.17. The summed E-state index contributed by atoms with van der Waals surface area (Å²) in [6, 6.07) is 7.26. The maximum atomic E-state index is 11.8. The van der Waals surface area contributed by atoms with Crippen LogP contribution in [-0.4, -0.2) is 29.7 Å². The number of halogens is 1. The molecule has 0 bridgehead atoms. The molecular weight excluding hydrogens is 264 g/mol. The Balaban J connectivity index is 2.40. The van der Waals surface area contributed by atoms with Crippen molar-refractivity contribution in [3.05, 3.63) is 46.6 Å². The summed E-state index contributed by atoms with van der Waals surface area (Å²) in [6.45, 7) is 5.66. The Morgan fingerprint density at radius 1 is 1.32 bits per heavy atom. The molecule has 0 aliphatic carbocycles. The van der Waals surface area contributed by atoms with E-state index < -0.39 is 5.97 Å². The van der Waals surface area contributed by atoms with Gasteiger partial charge in [-0.2, -0.15) is 0 Å². The largest absolute Gasteiger partial charge is 0.377 e. The highest BCUT2D eigenvalue weighted by Crippen LogP contribution is 2.24. The Morgan fingerprint density at radius 2 is 2.00 bits per heavy atom. The normalized spacial score (nSPS) is 16.5. The number of hydrogen-bond acceptors (Lipinski definition) is 4. The van der Waals surface area contributed by atoms with Crippen molar-refractivity contribution in [1.29, 1.82) is 0 Å². The smallest absolute Gasteiger partial charge is 0.369 e. The van der Waals surface area contributed by atoms with Crippen molar-refractivity contribution >= 4 is 23.3 Å². The number of rotatable bonds is 4. The average molecular weight is 279 g/mol. The van der Waals surface area contributed by atoms with Crippen LogP contribution in [0.15, 0.2) is 41.2 Å². The highest BCUT2D eigenvalue weighted by molar-refractivity contribution is 6.38. The summed E-state index contributed by atoms with van der Waals surface area (Å²) in [5, 5.41) is 4.38. The molecule has 0 saturated heterocycles. The molecule has 0 radical (unpaired) electrons. The van der Waals surface area contributed by atoms with Gasteiger partial charge in [-0.05, 0) is 19.9 Å². The van der Waals surface area contributed by atoms with Crippen molar-refractivity contribution in [2.24, 2.45) is 5.16 Å². The van der Waals surface area contributed by atoms with Crippen molar-refractivity contribution in [2.45, 2.75) is 13.8 Å². The summed E-state index contributed by atoms with van der Waals surface area (Å²) in [7, 11) is 0. The molecule has 0 aromatic heterocycles. The first-order valence-corrected chi connectivity index (χ1v) is 6.55. The lowest BCUT2D eigenvalue weighted by atomic mass is 10.0. The van der Waals surface area contributed by atoms with Crippen LogP contribution in [0.4, 0.5) is 0 Å². The fourth-order valence-electron chi connectivity index (χ4n) is 1.83. The van der Waals surface area contributed by atoms with Crippen LogP contribution >= 0.6 is 11.6 Å². The highest BCUT2D eigenvalue weighted by Gasteiger charge is 2.28. The molecule has 5 heteroatoms. The van der Waals surface area contributed by atoms with Crippen molar-refractivity contribution in [2.75, 3.05) is 13.1 Å². The van der Waals surface area contributed by atoms with Gasteiger partial charge in [-0.1, -0.05) is 35.0 Å². The van der Waals surface area contributed by atoms with Gasteiger partial charge in [-0.25, -0.2) is 4.79 Å². The number of oxime groups is 1. The Bertz CT molecular complexity index is 548. The molecule has 0 saturated carbocycles. The van der Waals surface area contributed by atoms with E-state index in [4.69, 9.17) is 16.4 Å². The van der Waals surface area contributed by atoms with E-state index in [2.05, 4.69) is 5.16 Å². The minimum Gasteiger partial charge on any atom is -0.377 e. The quantitative estimate of drug-likeness (QED) is 0.628. The van der Waals surface area contributed by atoms with Crippen LogP contribution in [0, 0.1) is 0 Å². The van der Waals surface area contributed by atoms with Crippen molar-refractivity contribution in [1.82, 2.24) is 4.90 Å². The summed E-state index contributed by atoms with van der Waals surface area (Å²) in [5.74, 6) is -0.443. The van der Waals surface area contributed by atoms with Crippen LogP contribution in [0.25, 0.3) is 0 Å². The maximum Gasteiger partial charge on any atom is 0.369 e. The van der Waals surface area contributed by atoms with Crippen molar-refractivity contribution < 1.29 is 9.63 Å². The predicted molar refractivity (Wildman–Crippen MR) is 75.1 cm³/mol. The topological polar surface area (TPSA) is 41.9 Å². The van der Waals surface area contributed by atoms with Crippen LogP contribution < -0.4 is 0 Å². The van der Waals surface area contributed by atoms with E-state index in [9.17, 15) is 4.79 Å². The molecule has 0 atom stereocenters. The van der Waals surface area contributed by atoms with Crippen LogP contribution in [0.5, 0.6) is 0 Å². The zero-order valence-electron chi connectivity index (χ0n) is 10.9. The van der Waals surface area contributed by atoms with Gasteiger partial charge in [0.15, 0.2) is 0 Å². The standard InChI is InChI=1S/C14H15ClN2O2/c1-3-17(4-2)9-11-13(16-19-14(11)18)10-7-5-6-8-12(10)15/h5-9H,3-4H2,1-2H3. The van der Waals surface area contributed by atoms with Gasteiger partial charge in [0, 0.05) is 24.9 Å². The second kappa shape index (κ2) is 5.89. The van der Waals surface area contributed by atoms with Gasteiger partial charge < -0.3 is 9.74 Å². The summed E-state index contributed by atoms with van der Waals surface area (Å²) in [4.78, 5) is 18.5. The molecule has 0 amide bonds. The molecule has 0 spiro atoms. The number of benzene rings is 1. The predicted octanol–water partition coefficient (Wildman–Crippen LogP) is 2.83. The molecule has 1 aromatic carbocycles. The first kappa shape index (κ1) is 13.6. The lowest BCUT2D eigenvalue weighted by Gasteiger charge is -2.16. The first-order valence-electron chi connectivity index (χ1n) is 6.17. The molecular formula is C14H15ClN2O2. The van der Waals surface area contributed by atoms with E-state index >= 15 is 0 Å². The van der Waals surface area contributed by atoms with Gasteiger partial charge in [0.05, 0.1) is 5.02 Å². The Morgan fingerprint density at radius 3 is 2.63 bits per heavy atom. The van der Waals surface area contributed by atoms with Gasteiger partial charge in [0.25, 0.3) is 0 Å². The summed E-state index contributed by atoms with van der Waals surface area (Å²) in [5.41, 5.74) is 1.63. The van der Waals surface area contributed by atoms with E-state index in [0.717, 1.165) is 13.1 Å². The fraction of sp³-hybridized carbons (Fsp3) is 0.286. The van der Waals surface area contributed by atoms with Crippen molar-refractivity contribution in [3.63, 3.8) is 0 Å². The molecule has 1 aliphatic rings. The third kappa shape index (κ3) is 2.79. The molecule has 1 heterocycles. The monoisotopic (exact) mass is 278 g/mol. The van der Waals surface area contributed by atoms with E-state index in [1.165, 1.54) is 0 Å². The second-order valence-electron chi connectivity index (χ2n) is 4.06. The fourth-order valence-corrected chi connectivity index (χ4v) is 2.06. The lowest BCUT2D eigenvalue weighted by Crippen LogP contribution is -2.20. The minimum atomic E-state index is -0.443. The van der Waals surface area contributed by atoms with Crippen LogP contribution in [0.2, 0.25) is 5.02 Å². The van der Waals surface area contributed by atoms with Gasteiger partial charge in [0.2, 0.25) is 0 Å². The Hall–Kier alpha value is -1.81. The lowest BCUT2D eigenvalue weighted by molar-refractivity contribution is -0.136. The second-order valence-corrected chi connectivity index (χ2v) is 4.47. The van der Waals surface area contributed by atoms with E-state index in [0.29, 0.717) is 21.9 Å². The maximum absolute atomic E-state index is 11.8. The number of carbonyl (C=O) groups is 1. The van der Waals surface area contributed by atoms with Gasteiger partial charge in [-0.3, -0.25) is 0 Å². The SMILES string of the molecule is CCN(C=C1C(=O)ON=C1c1ccccc1Cl)CC. The van der Waals surface area contributed by atoms with E-state index in [1.807, 2.05) is 36.9 Å². The van der Waals surface area contributed by atoms with Gasteiger partial charge in [-0.15, -0.1) is 0 Å². The van der Waals surface area contributed by atoms with E-state index in [1.54, 1.807) is 12.3 Å². The molecule has 0 fully saturated rings. The van der Waals surface area contributed by atoms with Gasteiger partial charge in [0.1, 0.15) is 11.3 Å². The molecule has 2 rings (SSSR count). The summed E-state index contributed by atoms with van der Waals surface area (Å²) < 4.78 is 0. The Labute approximate surface area is 117 Å². The molecule has 1 aromatic rings. The zero-order chi connectivity index (χ0) is 13.8. The number of hydrogen-bond donors (Lipinski definition) is 0. The molecule has 100 valence electrons. The van der Waals surface area contributed by atoms with Crippen LogP contribution in [0.1, 0.15) is 19.4 Å². The van der Waals surface area contributed by atoms with Crippen molar-refractivity contribution in [3.8, 4) is 0 Å². The molecule has 19 heavy (non-hydrogen) atoms. The van der Waals surface area contributed by atoms with E-state index in [-0.39, 0.29) is 0 Å². The van der Waals surface area contributed by atoms with Crippen LogP contribution in [-0.2, 0) is 9.63 Å². The third-order valence-electron chi connectivity index (χ3n) is 2.95. The third-order valence-corrected chi connectivity index (χ3v) is 3.28. The minimum absolute atomic E-state index is 0.441. The Kier molecular flexibility index (Phi) is 4.22. The van der Waals surface area contributed by atoms with Gasteiger partial charge >= 0.3 is 5.97 Å². The number of nitrogens with zero attached hydrogens (tertiary/aromatic N) is 2. The summed E-state index contributed by atoms with van der Waals surface area (Å²) in [6.07, 6.45) is 1.78. The highest BCUT2D eigenvalue weighted by atomic mass is 35.5.